The molecule has 0 heterocycles. The van der Waals surface area contributed by atoms with Crippen molar-refractivity contribution in [1.82, 2.24) is 0 Å². The molecule has 0 saturated heterocycles. The van der Waals surface area contributed by atoms with Crippen LogP contribution in [-0.4, -0.2) is 18.7 Å². The summed E-state index contributed by atoms with van der Waals surface area (Å²) in [5, 5.41) is 0. The Morgan fingerprint density at radius 3 is 2.71 bits per heavy atom. The van der Waals surface area contributed by atoms with E-state index < -0.39 is 0 Å². The first kappa shape index (κ1) is 13.9. The van der Waals surface area contributed by atoms with Crippen LogP contribution in [0.25, 0.3) is 0 Å². The van der Waals surface area contributed by atoms with E-state index in [2.05, 4.69) is 24.3 Å². The molecule has 21 heavy (non-hydrogen) atoms. The third-order valence-electron chi connectivity index (χ3n) is 3.81. The number of hydrogen-bond donors (Lipinski definition) is 1. The SMILES string of the molecule is COc1cc(OCC2Cc3ccccc32)cc(C(N)=S)c1. The highest BCUT2D eigenvalue weighted by Crippen LogP contribution is 2.35. The Morgan fingerprint density at radius 2 is 2.00 bits per heavy atom. The van der Waals surface area contributed by atoms with E-state index in [0.29, 0.717) is 23.3 Å². The second-order valence-electron chi connectivity index (χ2n) is 5.17. The quantitative estimate of drug-likeness (QED) is 0.862. The van der Waals surface area contributed by atoms with Crippen LogP contribution >= 0.6 is 12.2 Å². The largest absolute Gasteiger partial charge is 0.497 e. The lowest BCUT2D eigenvalue weighted by molar-refractivity contribution is 0.274. The van der Waals surface area contributed by atoms with Gasteiger partial charge in [-0.05, 0) is 29.7 Å². The zero-order valence-corrected chi connectivity index (χ0v) is 12.7. The number of methoxy groups -OCH3 is 1. The van der Waals surface area contributed by atoms with Crippen LogP contribution in [0.2, 0.25) is 0 Å². The number of thiocarbonyl (C=S) groups is 1. The van der Waals surface area contributed by atoms with Crippen LogP contribution in [0.15, 0.2) is 42.5 Å². The molecule has 0 fully saturated rings. The molecular weight excluding hydrogens is 282 g/mol. The number of fused-ring (bicyclic) bond motifs is 1. The van der Waals surface area contributed by atoms with E-state index in [-0.39, 0.29) is 0 Å². The highest BCUT2D eigenvalue weighted by Gasteiger charge is 2.25. The first-order chi connectivity index (χ1) is 10.2. The lowest BCUT2D eigenvalue weighted by Crippen LogP contribution is -2.23. The van der Waals surface area contributed by atoms with Crippen LogP contribution in [0.3, 0.4) is 0 Å². The Bertz CT molecular complexity index is 684. The van der Waals surface area contributed by atoms with Crippen LogP contribution in [0.1, 0.15) is 22.6 Å². The first-order valence-corrected chi connectivity index (χ1v) is 7.27. The van der Waals surface area contributed by atoms with Crippen molar-refractivity contribution < 1.29 is 9.47 Å². The fraction of sp³-hybridized carbons (Fsp3) is 0.235. The molecule has 0 bridgehead atoms. The second kappa shape index (κ2) is 5.74. The van der Waals surface area contributed by atoms with E-state index in [9.17, 15) is 0 Å². The van der Waals surface area contributed by atoms with Crippen LogP contribution < -0.4 is 15.2 Å². The summed E-state index contributed by atoms with van der Waals surface area (Å²) >= 11 is 5.02. The minimum absolute atomic E-state index is 0.340. The molecule has 0 aromatic heterocycles. The van der Waals surface area contributed by atoms with Gasteiger partial charge in [0.25, 0.3) is 0 Å². The van der Waals surface area contributed by atoms with Crippen LogP contribution in [0.5, 0.6) is 11.5 Å². The molecule has 0 spiro atoms. The van der Waals surface area contributed by atoms with Crippen LogP contribution in [-0.2, 0) is 6.42 Å². The third-order valence-corrected chi connectivity index (χ3v) is 4.05. The lowest BCUT2D eigenvalue weighted by Gasteiger charge is -2.29. The summed E-state index contributed by atoms with van der Waals surface area (Å²) in [6.45, 7) is 0.654. The van der Waals surface area contributed by atoms with Gasteiger partial charge in [-0.15, -0.1) is 0 Å². The van der Waals surface area contributed by atoms with E-state index >= 15 is 0 Å². The molecule has 0 saturated carbocycles. The molecule has 1 unspecified atom stereocenters. The molecule has 2 aromatic rings. The van der Waals surface area contributed by atoms with Gasteiger partial charge in [0.15, 0.2) is 0 Å². The van der Waals surface area contributed by atoms with E-state index in [1.807, 2.05) is 18.2 Å². The average molecular weight is 299 g/mol. The summed E-state index contributed by atoms with van der Waals surface area (Å²) < 4.78 is 11.2. The maximum Gasteiger partial charge on any atom is 0.123 e. The van der Waals surface area contributed by atoms with Gasteiger partial charge >= 0.3 is 0 Å². The zero-order chi connectivity index (χ0) is 14.8. The number of hydrogen-bond acceptors (Lipinski definition) is 3. The van der Waals surface area contributed by atoms with Crippen molar-refractivity contribution in [2.24, 2.45) is 5.73 Å². The predicted octanol–water partition coefficient (Wildman–Crippen LogP) is 3.05. The summed E-state index contributed by atoms with van der Waals surface area (Å²) in [6.07, 6.45) is 1.07. The minimum Gasteiger partial charge on any atom is -0.497 e. The van der Waals surface area contributed by atoms with Crippen molar-refractivity contribution in [3.63, 3.8) is 0 Å². The Morgan fingerprint density at radius 1 is 1.24 bits per heavy atom. The molecule has 1 atom stereocenters. The molecule has 3 nitrogen and oxygen atoms in total. The highest BCUT2D eigenvalue weighted by atomic mass is 32.1. The number of ether oxygens (including phenoxy) is 2. The molecule has 2 N–H and O–H groups in total. The van der Waals surface area contributed by atoms with Crippen molar-refractivity contribution in [1.29, 1.82) is 0 Å². The summed E-state index contributed by atoms with van der Waals surface area (Å²) in [5.74, 6) is 1.89. The van der Waals surface area contributed by atoms with Crippen LogP contribution in [0.4, 0.5) is 0 Å². The maximum absolute atomic E-state index is 5.90. The normalized spacial score (nSPS) is 15.8. The van der Waals surface area contributed by atoms with Crippen molar-refractivity contribution in [2.45, 2.75) is 12.3 Å². The summed E-state index contributed by atoms with van der Waals surface area (Å²) in [5.41, 5.74) is 9.24. The second-order valence-corrected chi connectivity index (χ2v) is 5.61. The van der Waals surface area contributed by atoms with Gasteiger partial charge in [0.2, 0.25) is 0 Å². The minimum atomic E-state index is 0.340. The van der Waals surface area contributed by atoms with Crippen LogP contribution in [0, 0.1) is 0 Å². The van der Waals surface area contributed by atoms with Crippen molar-refractivity contribution in [2.75, 3.05) is 13.7 Å². The monoisotopic (exact) mass is 299 g/mol. The topological polar surface area (TPSA) is 44.5 Å². The highest BCUT2D eigenvalue weighted by molar-refractivity contribution is 7.80. The standard InChI is InChI=1S/C17H17NO2S/c1-19-14-7-12(17(18)21)8-15(9-14)20-10-13-6-11-4-2-3-5-16(11)13/h2-5,7-9,13H,6,10H2,1H3,(H2,18,21). The van der Waals surface area contributed by atoms with Gasteiger partial charge in [0, 0.05) is 17.5 Å². The smallest absolute Gasteiger partial charge is 0.123 e. The maximum atomic E-state index is 5.90. The van der Waals surface area contributed by atoms with Gasteiger partial charge in [0.05, 0.1) is 13.7 Å². The van der Waals surface area contributed by atoms with Gasteiger partial charge in [-0.1, -0.05) is 36.5 Å². The van der Waals surface area contributed by atoms with Crippen molar-refractivity contribution in [3.05, 3.63) is 59.2 Å². The Hall–Kier alpha value is -2.07. The van der Waals surface area contributed by atoms with Gasteiger partial charge in [0.1, 0.15) is 16.5 Å². The number of benzene rings is 2. The molecule has 0 radical (unpaired) electrons. The van der Waals surface area contributed by atoms with Gasteiger partial charge in [-0.3, -0.25) is 0 Å². The summed E-state index contributed by atoms with van der Waals surface area (Å²) in [7, 11) is 1.62. The molecule has 108 valence electrons. The summed E-state index contributed by atoms with van der Waals surface area (Å²) in [6, 6.07) is 14.0. The molecule has 0 aliphatic heterocycles. The fourth-order valence-corrected chi connectivity index (χ4v) is 2.74. The number of rotatable bonds is 5. The van der Waals surface area contributed by atoms with E-state index in [0.717, 1.165) is 17.7 Å². The van der Waals surface area contributed by atoms with Gasteiger partial charge < -0.3 is 15.2 Å². The fourth-order valence-electron chi connectivity index (χ4n) is 2.62. The Kier molecular flexibility index (Phi) is 3.80. The molecular formula is C17H17NO2S. The number of nitrogens with two attached hydrogens (primary N) is 1. The predicted molar refractivity (Wildman–Crippen MR) is 87.3 cm³/mol. The van der Waals surface area contributed by atoms with Crippen molar-refractivity contribution >= 4 is 17.2 Å². The molecule has 0 amide bonds. The molecule has 1 aliphatic rings. The molecule has 1 aliphatic carbocycles. The van der Waals surface area contributed by atoms with E-state index in [1.54, 1.807) is 7.11 Å². The van der Waals surface area contributed by atoms with Gasteiger partial charge in [-0.2, -0.15) is 0 Å². The third kappa shape index (κ3) is 2.85. The Balaban J connectivity index is 1.71. The van der Waals surface area contributed by atoms with E-state index in [4.69, 9.17) is 27.4 Å². The van der Waals surface area contributed by atoms with E-state index in [1.165, 1.54) is 11.1 Å². The van der Waals surface area contributed by atoms with Crippen molar-refractivity contribution in [3.8, 4) is 11.5 Å². The van der Waals surface area contributed by atoms with Gasteiger partial charge in [-0.25, -0.2) is 0 Å². The summed E-state index contributed by atoms with van der Waals surface area (Å²) in [4.78, 5) is 0.340. The lowest BCUT2D eigenvalue weighted by atomic mass is 9.78. The molecule has 4 heteroatoms. The molecule has 3 rings (SSSR count). The Labute approximate surface area is 129 Å². The average Bonchev–Trinajstić information content (AvgIpc) is 2.47. The molecule has 2 aromatic carbocycles. The first-order valence-electron chi connectivity index (χ1n) is 6.87. The zero-order valence-electron chi connectivity index (χ0n) is 11.8.